The molecule has 2 rings (SSSR count). The Balaban J connectivity index is 1.86. The molecule has 0 bridgehead atoms. The standard InChI is InChI=1S/C17H27NO/c1-13-7-10-17(19-2)15(11-13)12-16(18)9-8-14-5-3-4-6-14/h7,10-11,14,16H,3-6,8-9,12,18H2,1-2H3. The van der Waals surface area contributed by atoms with Gasteiger partial charge in [0.15, 0.2) is 0 Å². The number of rotatable bonds is 6. The Hall–Kier alpha value is -1.02. The molecule has 0 aliphatic heterocycles. The molecule has 19 heavy (non-hydrogen) atoms. The van der Waals surface area contributed by atoms with E-state index < -0.39 is 0 Å². The maximum absolute atomic E-state index is 6.30. The Morgan fingerprint density at radius 2 is 2.05 bits per heavy atom. The molecule has 2 N–H and O–H groups in total. The van der Waals surface area contributed by atoms with E-state index in [1.165, 1.54) is 43.2 Å². The lowest BCUT2D eigenvalue weighted by atomic mass is 9.95. The minimum atomic E-state index is 0.260. The Kier molecular flexibility index (Phi) is 5.26. The van der Waals surface area contributed by atoms with Crippen molar-refractivity contribution >= 4 is 0 Å². The van der Waals surface area contributed by atoms with Gasteiger partial charge in [0.2, 0.25) is 0 Å². The van der Waals surface area contributed by atoms with Gasteiger partial charge in [0.1, 0.15) is 5.75 Å². The lowest BCUT2D eigenvalue weighted by molar-refractivity contribution is 0.403. The number of methoxy groups -OCH3 is 1. The van der Waals surface area contributed by atoms with Crippen molar-refractivity contribution in [1.82, 2.24) is 0 Å². The van der Waals surface area contributed by atoms with Crippen LogP contribution in [0, 0.1) is 12.8 Å². The van der Waals surface area contributed by atoms with E-state index in [9.17, 15) is 0 Å². The average Bonchev–Trinajstić information content (AvgIpc) is 2.90. The van der Waals surface area contributed by atoms with Gasteiger partial charge in [0.25, 0.3) is 0 Å². The topological polar surface area (TPSA) is 35.2 Å². The largest absolute Gasteiger partial charge is 0.496 e. The molecule has 0 amide bonds. The minimum absolute atomic E-state index is 0.260. The highest BCUT2D eigenvalue weighted by Gasteiger charge is 2.16. The van der Waals surface area contributed by atoms with Gasteiger partial charge in [0, 0.05) is 6.04 Å². The van der Waals surface area contributed by atoms with Gasteiger partial charge in [-0.15, -0.1) is 0 Å². The minimum Gasteiger partial charge on any atom is -0.496 e. The molecule has 1 aliphatic rings. The van der Waals surface area contributed by atoms with Crippen LogP contribution in [0.5, 0.6) is 5.75 Å². The van der Waals surface area contributed by atoms with Crippen LogP contribution in [-0.4, -0.2) is 13.2 Å². The fourth-order valence-electron chi connectivity index (χ4n) is 3.20. The monoisotopic (exact) mass is 261 g/mol. The number of nitrogens with two attached hydrogens (primary N) is 1. The summed E-state index contributed by atoms with van der Waals surface area (Å²) in [5.74, 6) is 1.91. The van der Waals surface area contributed by atoms with E-state index in [0.717, 1.165) is 24.5 Å². The molecule has 1 saturated carbocycles. The first kappa shape index (κ1) is 14.4. The van der Waals surface area contributed by atoms with E-state index in [4.69, 9.17) is 10.5 Å². The molecule has 1 aliphatic carbocycles. The van der Waals surface area contributed by atoms with Crippen LogP contribution in [0.25, 0.3) is 0 Å². The van der Waals surface area contributed by atoms with Crippen molar-refractivity contribution in [3.63, 3.8) is 0 Å². The van der Waals surface area contributed by atoms with Crippen molar-refractivity contribution < 1.29 is 4.74 Å². The van der Waals surface area contributed by atoms with E-state index in [2.05, 4.69) is 19.1 Å². The third kappa shape index (κ3) is 4.24. The van der Waals surface area contributed by atoms with E-state index in [0.29, 0.717) is 0 Å². The molecule has 0 aromatic heterocycles. The van der Waals surface area contributed by atoms with Gasteiger partial charge in [-0.1, -0.05) is 43.4 Å². The fraction of sp³-hybridized carbons (Fsp3) is 0.647. The van der Waals surface area contributed by atoms with Crippen LogP contribution in [0.2, 0.25) is 0 Å². The second kappa shape index (κ2) is 6.95. The van der Waals surface area contributed by atoms with Gasteiger partial charge in [-0.25, -0.2) is 0 Å². The Bertz CT molecular complexity index is 396. The highest BCUT2D eigenvalue weighted by atomic mass is 16.5. The second-order valence-corrected chi connectivity index (χ2v) is 6.01. The van der Waals surface area contributed by atoms with Crippen molar-refractivity contribution in [3.05, 3.63) is 29.3 Å². The van der Waals surface area contributed by atoms with Gasteiger partial charge in [-0.05, 0) is 43.7 Å². The number of ether oxygens (including phenoxy) is 1. The molecule has 0 spiro atoms. The molecule has 0 radical (unpaired) electrons. The third-order valence-electron chi connectivity index (χ3n) is 4.34. The predicted octanol–water partition coefficient (Wildman–Crippen LogP) is 3.84. The molecule has 1 atom stereocenters. The number of hydrogen-bond acceptors (Lipinski definition) is 2. The summed E-state index contributed by atoms with van der Waals surface area (Å²) >= 11 is 0. The van der Waals surface area contributed by atoms with Crippen molar-refractivity contribution in [1.29, 1.82) is 0 Å². The van der Waals surface area contributed by atoms with Gasteiger partial charge in [0.05, 0.1) is 7.11 Å². The van der Waals surface area contributed by atoms with Crippen molar-refractivity contribution in [2.24, 2.45) is 11.7 Å². The third-order valence-corrected chi connectivity index (χ3v) is 4.34. The molecule has 1 aromatic rings. The van der Waals surface area contributed by atoms with Crippen molar-refractivity contribution in [2.45, 2.75) is 57.9 Å². The lowest BCUT2D eigenvalue weighted by Gasteiger charge is -2.16. The quantitative estimate of drug-likeness (QED) is 0.844. The first-order valence-corrected chi connectivity index (χ1v) is 7.58. The number of hydrogen-bond donors (Lipinski definition) is 1. The van der Waals surface area contributed by atoms with Gasteiger partial charge >= 0.3 is 0 Å². The van der Waals surface area contributed by atoms with Crippen LogP contribution in [0.3, 0.4) is 0 Å². The van der Waals surface area contributed by atoms with Crippen LogP contribution < -0.4 is 10.5 Å². The average molecular weight is 261 g/mol. The Morgan fingerprint density at radius 3 is 2.74 bits per heavy atom. The summed E-state index contributed by atoms with van der Waals surface area (Å²) in [6, 6.07) is 6.60. The van der Waals surface area contributed by atoms with E-state index in [1.54, 1.807) is 7.11 Å². The van der Waals surface area contributed by atoms with Crippen molar-refractivity contribution in [3.8, 4) is 5.75 Å². The van der Waals surface area contributed by atoms with Crippen LogP contribution >= 0.6 is 0 Å². The number of benzene rings is 1. The van der Waals surface area contributed by atoms with Gasteiger partial charge < -0.3 is 10.5 Å². The maximum atomic E-state index is 6.30. The van der Waals surface area contributed by atoms with Crippen LogP contribution in [0.4, 0.5) is 0 Å². The van der Waals surface area contributed by atoms with Gasteiger partial charge in [-0.2, -0.15) is 0 Å². The molecular weight excluding hydrogens is 234 g/mol. The van der Waals surface area contributed by atoms with E-state index in [1.807, 2.05) is 6.07 Å². The Morgan fingerprint density at radius 1 is 1.32 bits per heavy atom. The van der Waals surface area contributed by atoms with Crippen molar-refractivity contribution in [2.75, 3.05) is 7.11 Å². The molecule has 106 valence electrons. The molecule has 1 fully saturated rings. The summed E-state index contributed by atoms with van der Waals surface area (Å²) in [5.41, 5.74) is 8.83. The lowest BCUT2D eigenvalue weighted by Crippen LogP contribution is -2.23. The summed E-state index contributed by atoms with van der Waals surface area (Å²) < 4.78 is 5.42. The van der Waals surface area contributed by atoms with E-state index in [-0.39, 0.29) is 6.04 Å². The SMILES string of the molecule is COc1ccc(C)cc1CC(N)CCC1CCCC1. The summed E-state index contributed by atoms with van der Waals surface area (Å²) in [7, 11) is 1.73. The molecule has 0 saturated heterocycles. The van der Waals surface area contributed by atoms with Crippen LogP contribution in [0.15, 0.2) is 18.2 Å². The molecule has 2 heteroatoms. The first-order chi connectivity index (χ1) is 9.19. The zero-order valence-electron chi connectivity index (χ0n) is 12.3. The molecular formula is C17H27NO. The smallest absolute Gasteiger partial charge is 0.122 e. The Labute approximate surface area is 117 Å². The summed E-state index contributed by atoms with van der Waals surface area (Å²) in [6.45, 7) is 2.12. The highest BCUT2D eigenvalue weighted by Crippen LogP contribution is 2.29. The fourth-order valence-corrected chi connectivity index (χ4v) is 3.20. The first-order valence-electron chi connectivity index (χ1n) is 7.58. The summed E-state index contributed by atoms with van der Waals surface area (Å²) in [4.78, 5) is 0. The predicted molar refractivity (Wildman–Crippen MR) is 80.6 cm³/mol. The second-order valence-electron chi connectivity index (χ2n) is 6.01. The molecule has 1 unspecified atom stereocenters. The summed E-state index contributed by atoms with van der Waals surface area (Å²) in [5, 5.41) is 0. The zero-order valence-corrected chi connectivity index (χ0v) is 12.3. The molecule has 2 nitrogen and oxygen atoms in total. The van der Waals surface area contributed by atoms with Gasteiger partial charge in [-0.3, -0.25) is 0 Å². The highest BCUT2D eigenvalue weighted by molar-refractivity contribution is 5.37. The van der Waals surface area contributed by atoms with Crippen LogP contribution in [0.1, 0.15) is 49.7 Å². The van der Waals surface area contributed by atoms with E-state index >= 15 is 0 Å². The van der Waals surface area contributed by atoms with Crippen LogP contribution in [-0.2, 0) is 6.42 Å². The molecule has 0 heterocycles. The number of aryl methyl sites for hydroxylation is 1. The summed E-state index contributed by atoms with van der Waals surface area (Å²) in [6.07, 6.45) is 9.05. The normalized spacial score (nSPS) is 17.6. The zero-order chi connectivity index (χ0) is 13.7. The maximum Gasteiger partial charge on any atom is 0.122 e. The molecule has 1 aromatic carbocycles.